The molecule has 25 heavy (non-hydrogen) atoms. The average molecular weight is 368 g/mol. The van der Waals surface area contributed by atoms with E-state index in [-0.39, 0.29) is 23.1 Å². The van der Waals surface area contributed by atoms with Gasteiger partial charge in [-0.25, -0.2) is 0 Å². The first-order chi connectivity index (χ1) is 12.0. The number of thiocarbonyl (C=S) groups is 1. The van der Waals surface area contributed by atoms with E-state index in [2.05, 4.69) is 15.8 Å². The highest BCUT2D eigenvalue weighted by molar-refractivity contribution is 7.80. The van der Waals surface area contributed by atoms with Gasteiger partial charge in [-0.05, 0) is 31.1 Å². The molecule has 0 spiro atoms. The molecule has 1 saturated heterocycles. The molecule has 0 aromatic heterocycles. The number of hydrogen-bond donors (Lipinski definition) is 2. The van der Waals surface area contributed by atoms with Crippen LogP contribution in [0.1, 0.15) is 18.4 Å². The molecule has 0 aliphatic carbocycles. The summed E-state index contributed by atoms with van der Waals surface area (Å²) in [4.78, 5) is 10.7. The Balaban J connectivity index is 2.00. The average Bonchev–Trinajstić information content (AvgIpc) is 3.12. The number of hydrogen-bond acceptors (Lipinski definition) is 7. The van der Waals surface area contributed by atoms with Gasteiger partial charge in [0.15, 0.2) is 16.6 Å². The number of nitro groups is 1. The predicted molar refractivity (Wildman–Crippen MR) is 96.5 cm³/mol. The lowest BCUT2D eigenvalue weighted by Gasteiger charge is -2.12. The second-order valence-corrected chi connectivity index (χ2v) is 5.65. The summed E-state index contributed by atoms with van der Waals surface area (Å²) < 4.78 is 15.7. The van der Waals surface area contributed by atoms with Gasteiger partial charge in [-0.15, -0.1) is 0 Å². The summed E-state index contributed by atoms with van der Waals surface area (Å²) in [5.41, 5.74) is 2.74. The molecule has 2 rings (SSSR count). The normalized spacial score (nSPS) is 16.6. The quantitative estimate of drug-likeness (QED) is 0.323. The van der Waals surface area contributed by atoms with E-state index in [1.807, 2.05) is 0 Å². The number of methoxy groups -OCH3 is 2. The molecule has 0 radical (unpaired) electrons. The van der Waals surface area contributed by atoms with Gasteiger partial charge in [0.05, 0.1) is 43.1 Å². The first kappa shape index (κ1) is 18.9. The zero-order chi connectivity index (χ0) is 18.2. The first-order valence-corrected chi connectivity index (χ1v) is 8.05. The van der Waals surface area contributed by atoms with Crippen molar-refractivity contribution in [3.63, 3.8) is 0 Å². The van der Waals surface area contributed by atoms with Gasteiger partial charge in [0.1, 0.15) is 0 Å². The van der Waals surface area contributed by atoms with E-state index < -0.39 is 4.92 Å². The number of ether oxygens (including phenoxy) is 3. The summed E-state index contributed by atoms with van der Waals surface area (Å²) >= 11 is 5.11. The van der Waals surface area contributed by atoms with Gasteiger partial charge >= 0.3 is 0 Å². The number of hydrazone groups is 1. The highest BCUT2D eigenvalue weighted by Crippen LogP contribution is 2.33. The fourth-order valence-electron chi connectivity index (χ4n) is 2.36. The zero-order valence-corrected chi connectivity index (χ0v) is 14.8. The zero-order valence-electron chi connectivity index (χ0n) is 14.0. The van der Waals surface area contributed by atoms with Crippen LogP contribution in [0.25, 0.3) is 0 Å². The highest BCUT2D eigenvalue weighted by Gasteiger charge is 2.18. The van der Waals surface area contributed by atoms with Gasteiger partial charge in [0, 0.05) is 13.2 Å². The van der Waals surface area contributed by atoms with Crippen molar-refractivity contribution in [3.05, 3.63) is 27.8 Å². The summed E-state index contributed by atoms with van der Waals surface area (Å²) in [5, 5.41) is 18.5. The number of nitro benzene ring substituents is 1. The lowest BCUT2D eigenvalue weighted by molar-refractivity contribution is -0.385. The molecule has 1 fully saturated rings. The molecular formula is C15H20N4O5S. The van der Waals surface area contributed by atoms with Gasteiger partial charge < -0.3 is 19.5 Å². The SMILES string of the molecule is COc1cc(/C=N\NC(=S)NC[C@@H]2CCCO2)c([N+](=O)[O-])cc1OC. The Morgan fingerprint density at radius 1 is 1.48 bits per heavy atom. The second-order valence-electron chi connectivity index (χ2n) is 5.24. The maximum Gasteiger partial charge on any atom is 0.282 e. The Morgan fingerprint density at radius 2 is 2.20 bits per heavy atom. The van der Waals surface area contributed by atoms with Gasteiger partial charge in [-0.1, -0.05) is 0 Å². The Bertz CT molecular complexity index is 662. The maximum absolute atomic E-state index is 11.2. The number of rotatable bonds is 7. The molecule has 0 unspecified atom stereocenters. The van der Waals surface area contributed by atoms with Gasteiger partial charge in [0.2, 0.25) is 0 Å². The molecule has 1 aliphatic heterocycles. The Kier molecular flexibility index (Phi) is 6.90. The van der Waals surface area contributed by atoms with Crippen molar-refractivity contribution >= 4 is 29.2 Å². The van der Waals surface area contributed by atoms with Crippen LogP contribution in [0.2, 0.25) is 0 Å². The van der Waals surface area contributed by atoms with Crippen LogP contribution in [0, 0.1) is 10.1 Å². The maximum atomic E-state index is 11.2. The summed E-state index contributed by atoms with van der Waals surface area (Å²) in [6, 6.07) is 2.76. The second kappa shape index (κ2) is 9.14. The van der Waals surface area contributed by atoms with E-state index in [0.717, 1.165) is 19.4 Å². The van der Waals surface area contributed by atoms with E-state index >= 15 is 0 Å². The van der Waals surface area contributed by atoms with Crippen molar-refractivity contribution in [2.75, 3.05) is 27.4 Å². The third kappa shape index (κ3) is 5.26. The molecule has 1 atom stereocenters. The topological polar surface area (TPSA) is 107 Å². The third-order valence-corrected chi connectivity index (χ3v) is 3.85. The molecule has 9 nitrogen and oxygen atoms in total. The lowest BCUT2D eigenvalue weighted by atomic mass is 10.1. The van der Waals surface area contributed by atoms with Gasteiger partial charge in [-0.2, -0.15) is 5.10 Å². The Morgan fingerprint density at radius 3 is 2.80 bits per heavy atom. The lowest BCUT2D eigenvalue weighted by Crippen LogP contribution is -2.37. The molecule has 0 saturated carbocycles. The van der Waals surface area contributed by atoms with Crippen LogP contribution in [-0.4, -0.2) is 49.7 Å². The van der Waals surface area contributed by atoms with Crippen LogP contribution in [-0.2, 0) is 4.74 Å². The van der Waals surface area contributed by atoms with Crippen LogP contribution >= 0.6 is 12.2 Å². The molecule has 2 N–H and O–H groups in total. The fourth-order valence-corrected chi connectivity index (χ4v) is 2.49. The molecule has 1 aromatic rings. The third-order valence-electron chi connectivity index (χ3n) is 3.61. The Labute approximate surface area is 150 Å². The van der Waals surface area contributed by atoms with E-state index in [0.29, 0.717) is 17.4 Å². The molecule has 1 aromatic carbocycles. The molecule has 136 valence electrons. The van der Waals surface area contributed by atoms with Gasteiger partial charge in [0.25, 0.3) is 5.69 Å². The molecule has 0 amide bonds. The smallest absolute Gasteiger partial charge is 0.282 e. The first-order valence-electron chi connectivity index (χ1n) is 7.64. The minimum absolute atomic E-state index is 0.149. The summed E-state index contributed by atoms with van der Waals surface area (Å²) in [6.07, 6.45) is 3.50. The number of benzene rings is 1. The van der Waals surface area contributed by atoms with E-state index in [4.69, 9.17) is 26.4 Å². The van der Waals surface area contributed by atoms with Crippen molar-refractivity contribution in [2.24, 2.45) is 5.10 Å². The van der Waals surface area contributed by atoms with Crippen LogP contribution in [0.3, 0.4) is 0 Å². The van der Waals surface area contributed by atoms with Crippen molar-refractivity contribution < 1.29 is 19.1 Å². The summed E-state index contributed by atoms with van der Waals surface area (Å²) in [5.74, 6) is 0.640. The molecule has 10 heteroatoms. The Hall–Kier alpha value is -2.46. The van der Waals surface area contributed by atoms with Crippen LogP contribution in [0.15, 0.2) is 17.2 Å². The van der Waals surface area contributed by atoms with Crippen LogP contribution in [0.5, 0.6) is 11.5 Å². The van der Waals surface area contributed by atoms with Crippen molar-refractivity contribution in [3.8, 4) is 11.5 Å². The van der Waals surface area contributed by atoms with E-state index in [1.54, 1.807) is 0 Å². The molecule has 1 heterocycles. The van der Waals surface area contributed by atoms with Crippen LogP contribution in [0.4, 0.5) is 5.69 Å². The fraction of sp³-hybridized carbons (Fsp3) is 0.467. The molecular weight excluding hydrogens is 348 g/mol. The standard InChI is InChI=1S/C15H20N4O5S/c1-22-13-6-10(12(19(20)21)7-14(13)23-2)8-17-18-15(25)16-9-11-4-3-5-24-11/h6-8,11H,3-5,9H2,1-2H3,(H2,16,18,25)/b17-8-/t11-/m0/s1. The van der Waals surface area contributed by atoms with E-state index in [1.165, 1.54) is 32.6 Å². The van der Waals surface area contributed by atoms with Gasteiger partial charge in [-0.3, -0.25) is 15.5 Å². The summed E-state index contributed by atoms with van der Waals surface area (Å²) in [7, 11) is 2.86. The van der Waals surface area contributed by atoms with Crippen molar-refractivity contribution in [1.82, 2.24) is 10.7 Å². The number of nitrogens with one attached hydrogen (secondary N) is 2. The van der Waals surface area contributed by atoms with Crippen molar-refractivity contribution in [1.29, 1.82) is 0 Å². The molecule has 1 aliphatic rings. The minimum atomic E-state index is -0.517. The number of nitrogens with zero attached hydrogens (tertiary/aromatic N) is 2. The largest absolute Gasteiger partial charge is 0.493 e. The summed E-state index contributed by atoms with van der Waals surface area (Å²) in [6.45, 7) is 1.37. The molecule has 0 bridgehead atoms. The predicted octanol–water partition coefficient (Wildman–Crippen LogP) is 1.59. The highest BCUT2D eigenvalue weighted by atomic mass is 32.1. The van der Waals surface area contributed by atoms with Crippen LogP contribution < -0.4 is 20.2 Å². The van der Waals surface area contributed by atoms with Crippen molar-refractivity contribution in [2.45, 2.75) is 18.9 Å². The monoisotopic (exact) mass is 368 g/mol. The minimum Gasteiger partial charge on any atom is -0.493 e. The van der Waals surface area contributed by atoms with E-state index in [9.17, 15) is 10.1 Å².